The lowest BCUT2D eigenvalue weighted by atomic mass is 9.95. The number of hydrogen-bond donors (Lipinski definition) is 1. The normalized spacial score (nSPS) is 18.0. The second-order valence-electron chi connectivity index (χ2n) is 6.15. The SMILES string of the molecule is CCC(=O)C1=C(O)C(=O)N(CCCN(C)C)C1c1ccc(F)cc1. The van der Waals surface area contributed by atoms with Gasteiger partial charge < -0.3 is 14.9 Å². The van der Waals surface area contributed by atoms with Gasteiger partial charge in [0.1, 0.15) is 5.82 Å². The summed E-state index contributed by atoms with van der Waals surface area (Å²) in [6, 6.07) is 5.02. The van der Waals surface area contributed by atoms with Crippen LogP contribution in [-0.4, -0.2) is 53.8 Å². The number of aliphatic hydroxyl groups excluding tert-OH is 1. The van der Waals surface area contributed by atoms with E-state index in [2.05, 4.69) is 0 Å². The number of ketones is 1. The van der Waals surface area contributed by atoms with Crippen molar-refractivity contribution in [2.45, 2.75) is 25.8 Å². The highest BCUT2D eigenvalue weighted by Gasteiger charge is 2.42. The van der Waals surface area contributed by atoms with E-state index in [4.69, 9.17) is 0 Å². The fourth-order valence-electron chi connectivity index (χ4n) is 2.91. The molecule has 0 spiro atoms. The molecule has 1 heterocycles. The van der Waals surface area contributed by atoms with Crippen LogP contribution in [0.15, 0.2) is 35.6 Å². The van der Waals surface area contributed by atoms with E-state index in [9.17, 15) is 19.1 Å². The van der Waals surface area contributed by atoms with Crippen molar-refractivity contribution < 1.29 is 19.1 Å². The van der Waals surface area contributed by atoms with Crippen molar-refractivity contribution in [3.05, 3.63) is 47.0 Å². The molecule has 0 aliphatic carbocycles. The minimum absolute atomic E-state index is 0.110. The van der Waals surface area contributed by atoms with Gasteiger partial charge in [0.05, 0.1) is 11.6 Å². The van der Waals surface area contributed by atoms with Crippen LogP contribution in [0.5, 0.6) is 0 Å². The van der Waals surface area contributed by atoms with Crippen molar-refractivity contribution in [1.29, 1.82) is 0 Å². The van der Waals surface area contributed by atoms with Crippen LogP contribution < -0.4 is 0 Å². The molecule has 1 amide bonds. The number of benzene rings is 1. The Labute approximate surface area is 141 Å². The van der Waals surface area contributed by atoms with Gasteiger partial charge in [-0.25, -0.2) is 4.39 Å². The number of carbonyl (C=O) groups excluding carboxylic acids is 2. The summed E-state index contributed by atoms with van der Waals surface area (Å²) in [6.07, 6.45) is 0.896. The number of aliphatic hydroxyl groups is 1. The summed E-state index contributed by atoms with van der Waals surface area (Å²) in [7, 11) is 3.87. The van der Waals surface area contributed by atoms with Crippen LogP contribution in [0.1, 0.15) is 31.4 Å². The number of carbonyl (C=O) groups is 2. The minimum atomic E-state index is -0.660. The van der Waals surface area contributed by atoms with Gasteiger partial charge in [-0.05, 0) is 44.8 Å². The summed E-state index contributed by atoms with van der Waals surface area (Å²) >= 11 is 0. The van der Waals surface area contributed by atoms with Crippen molar-refractivity contribution in [1.82, 2.24) is 9.80 Å². The molecule has 1 aromatic carbocycles. The fraction of sp³-hybridized carbons (Fsp3) is 0.444. The highest BCUT2D eigenvalue weighted by molar-refractivity contribution is 6.08. The third-order valence-electron chi connectivity index (χ3n) is 4.12. The first-order valence-corrected chi connectivity index (χ1v) is 8.04. The van der Waals surface area contributed by atoms with E-state index < -0.39 is 17.7 Å². The number of rotatable bonds is 7. The highest BCUT2D eigenvalue weighted by Crippen LogP contribution is 2.38. The van der Waals surface area contributed by atoms with Gasteiger partial charge in [0, 0.05) is 13.0 Å². The van der Waals surface area contributed by atoms with Crippen LogP contribution in [0.25, 0.3) is 0 Å². The fourth-order valence-corrected chi connectivity index (χ4v) is 2.91. The number of halogens is 1. The topological polar surface area (TPSA) is 60.9 Å². The summed E-state index contributed by atoms with van der Waals surface area (Å²) in [6.45, 7) is 2.87. The maximum absolute atomic E-state index is 13.2. The third-order valence-corrected chi connectivity index (χ3v) is 4.12. The number of amides is 1. The van der Waals surface area contributed by atoms with E-state index in [1.807, 2.05) is 19.0 Å². The Bertz CT molecular complexity index is 653. The van der Waals surface area contributed by atoms with Gasteiger partial charge in [0.25, 0.3) is 5.91 Å². The van der Waals surface area contributed by atoms with E-state index in [0.717, 1.165) is 6.54 Å². The van der Waals surface area contributed by atoms with E-state index in [-0.39, 0.29) is 23.6 Å². The summed E-state index contributed by atoms with van der Waals surface area (Å²) in [5, 5.41) is 10.2. The molecule has 0 saturated heterocycles. The molecule has 0 bridgehead atoms. The van der Waals surface area contributed by atoms with Crippen molar-refractivity contribution >= 4 is 11.7 Å². The van der Waals surface area contributed by atoms with E-state index in [1.165, 1.54) is 17.0 Å². The van der Waals surface area contributed by atoms with Crippen LogP contribution in [0.4, 0.5) is 4.39 Å². The molecule has 1 unspecified atom stereocenters. The van der Waals surface area contributed by atoms with E-state index >= 15 is 0 Å². The maximum Gasteiger partial charge on any atom is 0.290 e. The smallest absolute Gasteiger partial charge is 0.290 e. The molecule has 1 aromatic rings. The molecule has 1 aliphatic heterocycles. The Hall–Kier alpha value is -2.21. The zero-order valence-electron chi connectivity index (χ0n) is 14.3. The first-order chi connectivity index (χ1) is 11.4. The monoisotopic (exact) mass is 334 g/mol. The van der Waals surface area contributed by atoms with Crippen LogP contribution in [-0.2, 0) is 9.59 Å². The average molecular weight is 334 g/mol. The predicted octanol–water partition coefficient (Wildman–Crippen LogP) is 2.45. The molecule has 130 valence electrons. The summed E-state index contributed by atoms with van der Waals surface area (Å²) in [4.78, 5) is 28.2. The lowest BCUT2D eigenvalue weighted by molar-refractivity contribution is -0.129. The van der Waals surface area contributed by atoms with Crippen molar-refractivity contribution in [3.8, 4) is 0 Å². The van der Waals surface area contributed by atoms with Gasteiger partial charge in [-0.3, -0.25) is 9.59 Å². The molecule has 24 heavy (non-hydrogen) atoms. The van der Waals surface area contributed by atoms with Gasteiger partial charge in [-0.1, -0.05) is 19.1 Å². The molecule has 0 saturated carbocycles. The largest absolute Gasteiger partial charge is 0.503 e. The van der Waals surface area contributed by atoms with Crippen LogP contribution >= 0.6 is 0 Å². The molecule has 1 atom stereocenters. The zero-order valence-corrected chi connectivity index (χ0v) is 14.3. The molecular weight excluding hydrogens is 311 g/mol. The Balaban J connectivity index is 2.37. The highest BCUT2D eigenvalue weighted by atomic mass is 19.1. The van der Waals surface area contributed by atoms with Gasteiger partial charge in [-0.2, -0.15) is 0 Å². The Morgan fingerprint density at radius 2 is 1.92 bits per heavy atom. The average Bonchev–Trinajstić information content (AvgIpc) is 2.79. The van der Waals surface area contributed by atoms with Crippen molar-refractivity contribution in [2.24, 2.45) is 0 Å². The van der Waals surface area contributed by atoms with Crippen LogP contribution in [0.2, 0.25) is 0 Å². The summed E-state index contributed by atoms with van der Waals surface area (Å²) in [5.74, 6) is -1.69. The molecule has 0 fully saturated rings. The van der Waals surface area contributed by atoms with Crippen LogP contribution in [0, 0.1) is 5.82 Å². The number of Topliss-reactive ketones (excluding diaryl/α,β-unsaturated/α-hetero) is 1. The molecule has 1 aliphatic rings. The first kappa shape index (κ1) is 18.1. The predicted molar refractivity (Wildman–Crippen MR) is 89.0 cm³/mol. The quantitative estimate of drug-likeness (QED) is 0.832. The van der Waals surface area contributed by atoms with Gasteiger partial charge in [-0.15, -0.1) is 0 Å². The van der Waals surface area contributed by atoms with E-state index in [0.29, 0.717) is 18.5 Å². The molecular formula is C18H23FN2O3. The third kappa shape index (κ3) is 3.64. The summed E-state index contributed by atoms with van der Waals surface area (Å²) in [5.41, 5.74) is 0.731. The summed E-state index contributed by atoms with van der Waals surface area (Å²) < 4.78 is 13.2. The first-order valence-electron chi connectivity index (χ1n) is 8.04. The molecule has 0 aromatic heterocycles. The molecule has 6 heteroatoms. The molecule has 1 N–H and O–H groups in total. The Morgan fingerprint density at radius 3 is 2.46 bits per heavy atom. The van der Waals surface area contributed by atoms with E-state index in [1.54, 1.807) is 19.1 Å². The number of hydrogen-bond acceptors (Lipinski definition) is 4. The van der Waals surface area contributed by atoms with Gasteiger partial charge >= 0.3 is 0 Å². The Kier molecular flexibility index (Phi) is 5.72. The lowest BCUT2D eigenvalue weighted by Crippen LogP contribution is -2.33. The van der Waals surface area contributed by atoms with Crippen molar-refractivity contribution in [3.63, 3.8) is 0 Å². The van der Waals surface area contributed by atoms with Gasteiger partial charge in [0.15, 0.2) is 11.5 Å². The molecule has 2 rings (SSSR count). The number of nitrogens with zero attached hydrogens (tertiary/aromatic N) is 2. The zero-order chi connectivity index (χ0) is 17.9. The minimum Gasteiger partial charge on any atom is -0.503 e. The van der Waals surface area contributed by atoms with Gasteiger partial charge in [0.2, 0.25) is 0 Å². The standard InChI is InChI=1S/C18H23FN2O3/c1-4-14(22)15-16(12-6-8-13(19)9-7-12)21(18(24)17(15)23)11-5-10-20(2)3/h6-9,16,23H,4-5,10-11H2,1-3H3. The second kappa shape index (κ2) is 7.57. The second-order valence-corrected chi connectivity index (χ2v) is 6.15. The van der Waals surface area contributed by atoms with Crippen molar-refractivity contribution in [2.75, 3.05) is 27.2 Å². The molecule has 5 nitrogen and oxygen atoms in total. The maximum atomic E-state index is 13.2. The lowest BCUT2D eigenvalue weighted by Gasteiger charge is -2.27. The molecule has 0 radical (unpaired) electrons. The Morgan fingerprint density at radius 1 is 1.29 bits per heavy atom. The van der Waals surface area contributed by atoms with Crippen LogP contribution in [0.3, 0.4) is 0 Å².